The molecule has 1 aromatic heterocycles. The Morgan fingerprint density at radius 2 is 1.79 bits per heavy atom. The van der Waals surface area contributed by atoms with Gasteiger partial charge in [-0.3, -0.25) is 0 Å². The second-order valence-corrected chi connectivity index (χ2v) is 9.02. The number of para-hydroxylation sites is 3. The Bertz CT molecular complexity index is 1050. The standard InChI is InChI=1S/C21H25N3O3S/c1-2-27-20-9-5-6-10-21(20)28(25,26)24-13-11-17(12-14-24)15-23-16-22-18-7-3-4-8-19(18)23/h3-10,16-17H,2,11-15H2,1H3. The van der Waals surface area contributed by atoms with Gasteiger partial charge in [-0.05, 0) is 49.9 Å². The van der Waals surface area contributed by atoms with Gasteiger partial charge >= 0.3 is 0 Å². The molecule has 28 heavy (non-hydrogen) atoms. The quantitative estimate of drug-likeness (QED) is 0.636. The second-order valence-electron chi connectivity index (χ2n) is 7.11. The summed E-state index contributed by atoms with van der Waals surface area (Å²) >= 11 is 0. The van der Waals surface area contributed by atoms with Crippen molar-refractivity contribution < 1.29 is 13.2 Å². The average Bonchev–Trinajstić information content (AvgIpc) is 3.12. The number of rotatable bonds is 6. The lowest BCUT2D eigenvalue weighted by molar-refractivity contribution is 0.253. The molecule has 0 unspecified atom stereocenters. The van der Waals surface area contributed by atoms with Crippen LogP contribution in [0.1, 0.15) is 19.8 Å². The maximum absolute atomic E-state index is 13.1. The molecule has 0 aliphatic carbocycles. The predicted octanol–water partition coefficient (Wildman–Crippen LogP) is 3.54. The van der Waals surface area contributed by atoms with E-state index >= 15 is 0 Å². The summed E-state index contributed by atoms with van der Waals surface area (Å²) in [6.45, 7) is 4.21. The van der Waals surface area contributed by atoms with Crippen LogP contribution in [-0.2, 0) is 16.6 Å². The number of nitrogens with zero attached hydrogens (tertiary/aromatic N) is 3. The minimum absolute atomic E-state index is 0.260. The highest BCUT2D eigenvalue weighted by atomic mass is 32.2. The van der Waals surface area contributed by atoms with Gasteiger partial charge in [-0.2, -0.15) is 4.31 Å². The molecular weight excluding hydrogens is 374 g/mol. The third-order valence-corrected chi connectivity index (χ3v) is 7.26. The van der Waals surface area contributed by atoms with Crippen molar-refractivity contribution >= 4 is 21.1 Å². The molecule has 1 aliphatic rings. The summed E-state index contributed by atoms with van der Waals surface area (Å²) < 4.78 is 35.5. The fourth-order valence-electron chi connectivity index (χ4n) is 3.84. The number of hydrogen-bond donors (Lipinski definition) is 0. The topological polar surface area (TPSA) is 64.4 Å². The van der Waals surface area contributed by atoms with E-state index in [0.29, 0.717) is 31.4 Å². The fourth-order valence-corrected chi connectivity index (χ4v) is 5.44. The largest absolute Gasteiger partial charge is 0.492 e. The normalized spacial score (nSPS) is 16.5. The van der Waals surface area contributed by atoms with Crippen LogP contribution < -0.4 is 4.74 Å². The number of hydrogen-bond acceptors (Lipinski definition) is 4. The minimum atomic E-state index is -3.55. The first kappa shape index (κ1) is 19.0. The predicted molar refractivity (Wildman–Crippen MR) is 109 cm³/mol. The highest BCUT2D eigenvalue weighted by molar-refractivity contribution is 7.89. The summed E-state index contributed by atoms with van der Waals surface area (Å²) in [7, 11) is -3.55. The molecule has 0 bridgehead atoms. The van der Waals surface area contributed by atoms with E-state index in [1.807, 2.05) is 31.5 Å². The first-order valence-electron chi connectivity index (χ1n) is 9.71. The van der Waals surface area contributed by atoms with Crippen LogP contribution >= 0.6 is 0 Å². The van der Waals surface area contributed by atoms with Gasteiger partial charge in [0.1, 0.15) is 10.6 Å². The highest BCUT2D eigenvalue weighted by Gasteiger charge is 2.31. The lowest BCUT2D eigenvalue weighted by Gasteiger charge is -2.31. The zero-order valence-corrected chi connectivity index (χ0v) is 16.8. The van der Waals surface area contributed by atoms with E-state index in [9.17, 15) is 8.42 Å². The molecule has 0 amide bonds. The van der Waals surface area contributed by atoms with Gasteiger partial charge in [-0.1, -0.05) is 24.3 Å². The van der Waals surface area contributed by atoms with Gasteiger partial charge in [0.2, 0.25) is 10.0 Å². The maximum atomic E-state index is 13.1. The minimum Gasteiger partial charge on any atom is -0.492 e. The Labute approximate surface area is 165 Å². The van der Waals surface area contributed by atoms with Crippen molar-refractivity contribution in [2.24, 2.45) is 5.92 Å². The summed E-state index contributed by atoms with van der Waals surface area (Å²) in [5, 5.41) is 0. The number of benzene rings is 2. The first-order valence-corrected chi connectivity index (χ1v) is 11.2. The Hall–Kier alpha value is -2.38. The van der Waals surface area contributed by atoms with Crippen LogP contribution in [0.15, 0.2) is 59.8 Å². The number of sulfonamides is 1. The molecule has 4 rings (SSSR count). The van der Waals surface area contributed by atoms with Crippen LogP contribution in [0.2, 0.25) is 0 Å². The average molecular weight is 400 g/mol. The smallest absolute Gasteiger partial charge is 0.246 e. The van der Waals surface area contributed by atoms with Gasteiger partial charge in [-0.25, -0.2) is 13.4 Å². The fraction of sp³-hybridized carbons (Fsp3) is 0.381. The van der Waals surface area contributed by atoms with Gasteiger partial charge in [0.25, 0.3) is 0 Å². The second kappa shape index (κ2) is 7.93. The van der Waals surface area contributed by atoms with Crippen molar-refractivity contribution in [2.75, 3.05) is 19.7 Å². The highest BCUT2D eigenvalue weighted by Crippen LogP contribution is 2.30. The third-order valence-electron chi connectivity index (χ3n) is 5.32. The number of ether oxygens (including phenoxy) is 1. The van der Waals surface area contributed by atoms with Gasteiger partial charge < -0.3 is 9.30 Å². The lowest BCUT2D eigenvalue weighted by atomic mass is 9.98. The van der Waals surface area contributed by atoms with Crippen LogP contribution in [0.25, 0.3) is 11.0 Å². The molecule has 1 aliphatic heterocycles. The molecule has 148 valence electrons. The van der Waals surface area contributed by atoms with Gasteiger partial charge in [-0.15, -0.1) is 0 Å². The zero-order chi connectivity index (χ0) is 19.6. The third kappa shape index (κ3) is 3.64. The van der Waals surface area contributed by atoms with E-state index in [1.165, 1.54) is 0 Å². The Balaban J connectivity index is 1.45. The van der Waals surface area contributed by atoms with Crippen molar-refractivity contribution in [3.63, 3.8) is 0 Å². The Kier molecular flexibility index (Phi) is 5.37. The molecule has 3 aromatic rings. The zero-order valence-electron chi connectivity index (χ0n) is 16.0. The molecule has 0 atom stereocenters. The van der Waals surface area contributed by atoms with E-state index in [-0.39, 0.29) is 4.90 Å². The Morgan fingerprint density at radius 1 is 1.07 bits per heavy atom. The van der Waals surface area contributed by atoms with Crippen LogP contribution in [0.3, 0.4) is 0 Å². The number of imidazole rings is 1. The molecular formula is C21H25N3O3S. The van der Waals surface area contributed by atoms with Crippen molar-refractivity contribution in [3.8, 4) is 5.75 Å². The molecule has 1 saturated heterocycles. The molecule has 0 saturated carbocycles. The number of aromatic nitrogens is 2. The van der Waals surface area contributed by atoms with Crippen LogP contribution in [0.4, 0.5) is 0 Å². The molecule has 1 fully saturated rings. The molecule has 7 heteroatoms. The van der Waals surface area contributed by atoms with E-state index in [4.69, 9.17) is 4.74 Å². The molecule has 0 spiro atoms. The maximum Gasteiger partial charge on any atom is 0.246 e. The summed E-state index contributed by atoms with van der Waals surface area (Å²) in [5.74, 6) is 0.864. The van der Waals surface area contributed by atoms with Gasteiger partial charge in [0, 0.05) is 19.6 Å². The first-order chi connectivity index (χ1) is 13.6. The van der Waals surface area contributed by atoms with E-state index < -0.39 is 10.0 Å². The number of piperidine rings is 1. The summed E-state index contributed by atoms with van der Waals surface area (Å²) in [4.78, 5) is 4.71. The van der Waals surface area contributed by atoms with Gasteiger partial charge in [0.05, 0.1) is 24.0 Å². The van der Waals surface area contributed by atoms with Crippen molar-refractivity contribution in [3.05, 3.63) is 54.9 Å². The Morgan fingerprint density at radius 3 is 2.57 bits per heavy atom. The van der Waals surface area contributed by atoms with E-state index in [0.717, 1.165) is 30.4 Å². The molecule has 0 radical (unpaired) electrons. The SMILES string of the molecule is CCOc1ccccc1S(=O)(=O)N1CCC(Cn2cnc3ccccc32)CC1. The van der Waals surface area contributed by atoms with Crippen LogP contribution in [0.5, 0.6) is 5.75 Å². The van der Waals surface area contributed by atoms with Gasteiger partial charge in [0.15, 0.2) is 0 Å². The molecule has 6 nitrogen and oxygen atoms in total. The molecule has 0 N–H and O–H groups in total. The summed E-state index contributed by atoms with van der Waals surface area (Å²) in [6.07, 6.45) is 3.55. The van der Waals surface area contributed by atoms with Crippen molar-refractivity contribution in [2.45, 2.75) is 31.2 Å². The van der Waals surface area contributed by atoms with Crippen LogP contribution in [0, 0.1) is 5.92 Å². The lowest BCUT2D eigenvalue weighted by Crippen LogP contribution is -2.39. The number of fused-ring (bicyclic) bond motifs is 1. The van der Waals surface area contributed by atoms with E-state index in [1.54, 1.807) is 28.6 Å². The monoisotopic (exact) mass is 399 g/mol. The van der Waals surface area contributed by atoms with Crippen molar-refractivity contribution in [1.82, 2.24) is 13.9 Å². The van der Waals surface area contributed by atoms with E-state index in [2.05, 4.69) is 15.6 Å². The van der Waals surface area contributed by atoms with Crippen LogP contribution in [-0.4, -0.2) is 42.0 Å². The summed E-state index contributed by atoms with van der Waals surface area (Å²) in [5.41, 5.74) is 2.12. The van der Waals surface area contributed by atoms with Crippen molar-refractivity contribution in [1.29, 1.82) is 0 Å². The molecule has 2 aromatic carbocycles. The molecule has 2 heterocycles. The summed E-state index contributed by atoms with van der Waals surface area (Å²) in [6, 6.07) is 15.0.